The van der Waals surface area contributed by atoms with Crippen LogP contribution < -0.4 is 9.46 Å². The molecule has 0 spiro atoms. The highest BCUT2D eigenvalue weighted by molar-refractivity contribution is 7.89. The van der Waals surface area contributed by atoms with Gasteiger partial charge in [-0.2, -0.15) is 0 Å². The van der Waals surface area contributed by atoms with Gasteiger partial charge in [0.25, 0.3) is 5.69 Å². The zero-order valence-electron chi connectivity index (χ0n) is 11.3. The molecule has 1 rings (SSSR count). The molecular formula is C11H16N2O6S. The second-order valence-corrected chi connectivity index (χ2v) is 6.46. The van der Waals surface area contributed by atoms with Crippen molar-refractivity contribution in [2.45, 2.75) is 24.3 Å². The van der Waals surface area contributed by atoms with Crippen molar-refractivity contribution in [2.24, 2.45) is 0 Å². The average molecular weight is 304 g/mol. The fourth-order valence-corrected chi connectivity index (χ4v) is 2.73. The second-order valence-electron chi connectivity index (χ2n) is 4.73. The number of rotatable bonds is 6. The molecule has 0 bridgehead atoms. The zero-order chi connectivity index (χ0) is 15.6. The van der Waals surface area contributed by atoms with Crippen LogP contribution in [0.15, 0.2) is 23.1 Å². The van der Waals surface area contributed by atoms with Gasteiger partial charge in [-0.3, -0.25) is 10.1 Å². The van der Waals surface area contributed by atoms with Crippen molar-refractivity contribution in [2.75, 3.05) is 13.7 Å². The number of hydrogen-bond acceptors (Lipinski definition) is 6. The van der Waals surface area contributed by atoms with Gasteiger partial charge in [0.15, 0.2) is 0 Å². The van der Waals surface area contributed by atoms with Crippen molar-refractivity contribution in [3.05, 3.63) is 28.3 Å². The number of non-ortho nitro benzene ring substituents is 1. The third-order valence-corrected chi connectivity index (χ3v) is 3.76. The summed E-state index contributed by atoms with van der Waals surface area (Å²) >= 11 is 0. The Bertz CT molecular complexity index is 606. The van der Waals surface area contributed by atoms with Gasteiger partial charge in [0.05, 0.1) is 17.6 Å². The Labute approximate surface area is 116 Å². The molecule has 1 aromatic carbocycles. The maximum absolute atomic E-state index is 12.1. The molecule has 0 amide bonds. The lowest BCUT2D eigenvalue weighted by Crippen LogP contribution is -2.38. The molecule has 0 aromatic heterocycles. The normalized spacial score (nSPS) is 12.2. The van der Waals surface area contributed by atoms with Crippen LogP contribution in [-0.2, 0) is 10.0 Å². The van der Waals surface area contributed by atoms with Crippen LogP contribution >= 0.6 is 0 Å². The summed E-state index contributed by atoms with van der Waals surface area (Å²) in [5, 5.41) is 20.2. The van der Waals surface area contributed by atoms with Crippen LogP contribution in [0.2, 0.25) is 0 Å². The molecule has 0 aliphatic rings. The van der Waals surface area contributed by atoms with Gasteiger partial charge in [-0.1, -0.05) is 0 Å². The van der Waals surface area contributed by atoms with E-state index in [2.05, 4.69) is 4.72 Å². The van der Waals surface area contributed by atoms with Gasteiger partial charge in [-0.25, -0.2) is 13.1 Å². The highest BCUT2D eigenvalue weighted by atomic mass is 32.2. The Balaban J connectivity index is 3.21. The molecule has 1 aromatic rings. The molecule has 0 fully saturated rings. The first-order valence-electron chi connectivity index (χ1n) is 5.61. The van der Waals surface area contributed by atoms with Crippen LogP contribution in [0.1, 0.15) is 13.8 Å². The maximum Gasteiger partial charge on any atom is 0.271 e. The Morgan fingerprint density at radius 1 is 1.45 bits per heavy atom. The van der Waals surface area contributed by atoms with E-state index in [4.69, 9.17) is 4.74 Å². The summed E-state index contributed by atoms with van der Waals surface area (Å²) in [7, 11) is -2.77. The molecule has 112 valence electrons. The van der Waals surface area contributed by atoms with Gasteiger partial charge in [0.2, 0.25) is 10.0 Å². The number of nitro groups is 1. The van der Waals surface area contributed by atoms with Crippen molar-refractivity contribution in [1.29, 1.82) is 0 Å². The number of nitro benzene ring substituents is 1. The Hall–Kier alpha value is -1.71. The van der Waals surface area contributed by atoms with Crippen LogP contribution in [0.4, 0.5) is 5.69 Å². The van der Waals surface area contributed by atoms with Gasteiger partial charge in [-0.15, -0.1) is 0 Å². The summed E-state index contributed by atoms with van der Waals surface area (Å²) < 4.78 is 31.3. The summed E-state index contributed by atoms with van der Waals surface area (Å²) in [6, 6.07) is 3.26. The van der Waals surface area contributed by atoms with Gasteiger partial charge in [0.1, 0.15) is 10.6 Å². The third kappa shape index (κ3) is 4.15. The molecule has 0 radical (unpaired) electrons. The number of hydrogen-bond donors (Lipinski definition) is 2. The maximum atomic E-state index is 12.1. The average Bonchev–Trinajstić information content (AvgIpc) is 2.35. The molecule has 0 saturated carbocycles. The van der Waals surface area contributed by atoms with E-state index in [-0.39, 0.29) is 22.9 Å². The van der Waals surface area contributed by atoms with Crippen molar-refractivity contribution in [3.63, 3.8) is 0 Å². The van der Waals surface area contributed by atoms with E-state index in [0.29, 0.717) is 0 Å². The summed E-state index contributed by atoms with van der Waals surface area (Å²) in [4.78, 5) is 9.66. The quantitative estimate of drug-likeness (QED) is 0.588. The number of nitrogens with zero attached hydrogens (tertiary/aromatic N) is 1. The number of ether oxygens (including phenoxy) is 1. The summed E-state index contributed by atoms with van der Waals surface area (Å²) in [5.41, 5.74) is -1.62. The highest BCUT2D eigenvalue weighted by Gasteiger charge is 2.25. The highest BCUT2D eigenvalue weighted by Crippen LogP contribution is 2.28. The lowest BCUT2D eigenvalue weighted by Gasteiger charge is -2.18. The van der Waals surface area contributed by atoms with Crippen LogP contribution in [0, 0.1) is 10.1 Å². The molecule has 0 unspecified atom stereocenters. The predicted molar refractivity (Wildman–Crippen MR) is 71.1 cm³/mol. The van der Waals surface area contributed by atoms with Crippen molar-refractivity contribution in [1.82, 2.24) is 4.72 Å². The standard InChI is InChI=1S/C11H16N2O6S/c1-11(2,14)7-12-20(17,18)10-6-8(13(15)16)4-5-9(10)19-3/h4-6,12,14H,7H2,1-3H3. The lowest BCUT2D eigenvalue weighted by atomic mass is 10.1. The van der Waals surface area contributed by atoms with Gasteiger partial charge >= 0.3 is 0 Å². The molecule has 0 atom stereocenters. The molecule has 0 aliphatic heterocycles. The van der Waals surface area contributed by atoms with E-state index in [1.165, 1.54) is 27.0 Å². The summed E-state index contributed by atoms with van der Waals surface area (Å²) in [6.45, 7) is 2.63. The van der Waals surface area contributed by atoms with E-state index in [9.17, 15) is 23.6 Å². The number of benzene rings is 1. The molecule has 0 heterocycles. The monoisotopic (exact) mass is 304 g/mol. The van der Waals surface area contributed by atoms with Gasteiger partial charge in [-0.05, 0) is 19.9 Å². The zero-order valence-corrected chi connectivity index (χ0v) is 12.1. The summed E-state index contributed by atoms with van der Waals surface area (Å²) in [5.74, 6) is -0.0150. The summed E-state index contributed by atoms with van der Waals surface area (Å²) in [6.07, 6.45) is 0. The fourth-order valence-electron chi connectivity index (χ4n) is 1.34. The number of aliphatic hydroxyl groups is 1. The van der Waals surface area contributed by atoms with Crippen LogP contribution in [0.3, 0.4) is 0 Å². The first-order chi connectivity index (χ1) is 9.07. The van der Waals surface area contributed by atoms with Gasteiger partial charge in [0, 0.05) is 18.7 Å². The molecule has 0 aliphatic carbocycles. The minimum Gasteiger partial charge on any atom is -0.495 e. The van der Waals surface area contributed by atoms with Gasteiger partial charge < -0.3 is 9.84 Å². The third-order valence-electron chi connectivity index (χ3n) is 2.34. The van der Waals surface area contributed by atoms with E-state index in [1.54, 1.807) is 0 Å². The van der Waals surface area contributed by atoms with E-state index < -0.39 is 20.5 Å². The molecule has 2 N–H and O–H groups in total. The van der Waals surface area contributed by atoms with Crippen molar-refractivity contribution >= 4 is 15.7 Å². The SMILES string of the molecule is COc1ccc([N+](=O)[O-])cc1S(=O)(=O)NCC(C)(C)O. The lowest BCUT2D eigenvalue weighted by molar-refractivity contribution is -0.385. The Morgan fingerprint density at radius 2 is 2.05 bits per heavy atom. The fraction of sp³-hybridized carbons (Fsp3) is 0.455. The number of methoxy groups -OCH3 is 1. The Morgan fingerprint density at radius 3 is 2.50 bits per heavy atom. The predicted octanol–water partition coefficient (Wildman–Crippen LogP) is 0.653. The minimum atomic E-state index is -4.03. The van der Waals surface area contributed by atoms with Crippen LogP contribution in [-0.4, -0.2) is 37.7 Å². The second kappa shape index (κ2) is 5.73. The van der Waals surface area contributed by atoms with Crippen LogP contribution in [0.25, 0.3) is 0 Å². The topological polar surface area (TPSA) is 119 Å². The first kappa shape index (κ1) is 16.3. The van der Waals surface area contributed by atoms with Crippen molar-refractivity contribution < 1.29 is 23.2 Å². The molecule has 0 saturated heterocycles. The minimum absolute atomic E-state index is 0.0150. The molecule has 20 heavy (non-hydrogen) atoms. The number of nitrogens with one attached hydrogen (secondary N) is 1. The van der Waals surface area contributed by atoms with E-state index in [1.807, 2.05) is 0 Å². The van der Waals surface area contributed by atoms with Crippen molar-refractivity contribution in [3.8, 4) is 5.75 Å². The molecular weight excluding hydrogens is 288 g/mol. The Kier molecular flexibility index (Phi) is 4.69. The van der Waals surface area contributed by atoms with Crippen LogP contribution in [0.5, 0.6) is 5.75 Å². The number of sulfonamides is 1. The van der Waals surface area contributed by atoms with E-state index >= 15 is 0 Å². The molecule has 8 nitrogen and oxygen atoms in total. The largest absolute Gasteiger partial charge is 0.495 e. The molecule has 9 heteroatoms. The first-order valence-corrected chi connectivity index (χ1v) is 7.09. The smallest absolute Gasteiger partial charge is 0.271 e. The van der Waals surface area contributed by atoms with E-state index in [0.717, 1.165) is 12.1 Å².